The van der Waals surface area contributed by atoms with Crippen LogP contribution in [0.4, 0.5) is 16.2 Å². The molecule has 1 saturated heterocycles. The van der Waals surface area contributed by atoms with Crippen molar-refractivity contribution >= 4 is 29.3 Å². The molecule has 8 nitrogen and oxygen atoms in total. The maximum Gasteiger partial charge on any atom is 0.411 e. The second kappa shape index (κ2) is 9.00. The zero-order valence-corrected chi connectivity index (χ0v) is 20.5. The number of fused-ring (bicyclic) bond motifs is 1. The van der Waals surface area contributed by atoms with Gasteiger partial charge in [0.15, 0.2) is 0 Å². The van der Waals surface area contributed by atoms with Crippen LogP contribution < -0.4 is 9.80 Å². The summed E-state index contributed by atoms with van der Waals surface area (Å²) < 4.78 is 0. The number of carbonyl (C=O) groups is 3. The van der Waals surface area contributed by atoms with Crippen molar-refractivity contribution in [2.24, 2.45) is 5.92 Å². The van der Waals surface area contributed by atoms with Crippen molar-refractivity contribution in [1.29, 1.82) is 0 Å². The fourth-order valence-corrected chi connectivity index (χ4v) is 5.18. The summed E-state index contributed by atoms with van der Waals surface area (Å²) in [5.74, 6) is 0.166. The number of carbonyl (C=O) groups excluding carboxylic acids is 2. The lowest BCUT2D eigenvalue weighted by Crippen LogP contribution is -2.52. The van der Waals surface area contributed by atoms with Crippen molar-refractivity contribution in [1.82, 2.24) is 9.80 Å². The Balaban J connectivity index is 1.41. The highest BCUT2D eigenvalue weighted by atomic mass is 16.4. The van der Waals surface area contributed by atoms with Crippen molar-refractivity contribution in [2.75, 3.05) is 43.5 Å². The van der Waals surface area contributed by atoms with E-state index in [4.69, 9.17) is 0 Å². The Morgan fingerprint density at radius 1 is 0.914 bits per heavy atom. The molecular weight excluding hydrogens is 444 g/mol. The Morgan fingerprint density at radius 3 is 2.20 bits per heavy atom. The number of rotatable bonds is 4. The van der Waals surface area contributed by atoms with Crippen LogP contribution in [-0.4, -0.2) is 78.6 Å². The fourth-order valence-electron chi connectivity index (χ4n) is 5.18. The maximum atomic E-state index is 13.0. The van der Waals surface area contributed by atoms with E-state index in [1.807, 2.05) is 68.4 Å². The number of likely N-dealkylation sites (N-methyl/N-ethyl adjacent to an activating group) is 1. The number of likely N-dealkylation sites (tertiary alicyclic amines) is 1. The van der Waals surface area contributed by atoms with Gasteiger partial charge in [0.1, 0.15) is 0 Å². The zero-order chi connectivity index (χ0) is 24.9. The molecule has 1 aliphatic carbocycles. The Kier molecular flexibility index (Phi) is 6.01. The number of hydrogen-bond donors (Lipinski definition) is 1. The van der Waals surface area contributed by atoms with Crippen LogP contribution in [0.25, 0.3) is 11.1 Å². The van der Waals surface area contributed by atoms with Gasteiger partial charge in [-0.2, -0.15) is 0 Å². The molecule has 2 atom stereocenters. The lowest BCUT2D eigenvalue weighted by molar-refractivity contribution is -0.120. The van der Waals surface area contributed by atoms with E-state index >= 15 is 0 Å². The number of nitrogens with zero attached hydrogens (tertiary/aromatic N) is 4. The van der Waals surface area contributed by atoms with E-state index in [0.29, 0.717) is 23.0 Å². The van der Waals surface area contributed by atoms with Gasteiger partial charge in [-0.1, -0.05) is 18.2 Å². The number of carboxylic acid groups (broad SMARTS) is 1. The molecule has 0 spiro atoms. The van der Waals surface area contributed by atoms with Gasteiger partial charge < -0.3 is 19.8 Å². The first-order valence-corrected chi connectivity index (χ1v) is 12.3. The molecule has 1 saturated carbocycles. The normalized spacial score (nSPS) is 21.9. The summed E-state index contributed by atoms with van der Waals surface area (Å²) in [5, 5.41) is 9.84. The first-order valence-electron chi connectivity index (χ1n) is 12.3. The molecule has 184 valence electrons. The van der Waals surface area contributed by atoms with E-state index in [2.05, 4.69) is 4.90 Å². The summed E-state index contributed by atoms with van der Waals surface area (Å²) in [7, 11) is 4.08. The molecule has 5 rings (SSSR count). The van der Waals surface area contributed by atoms with Crippen LogP contribution in [0.1, 0.15) is 36.5 Å². The van der Waals surface area contributed by atoms with Crippen molar-refractivity contribution in [3.63, 3.8) is 0 Å². The molecule has 2 aromatic rings. The molecule has 2 heterocycles. The molecule has 3 aliphatic rings. The van der Waals surface area contributed by atoms with Crippen LogP contribution in [0.3, 0.4) is 0 Å². The molecular formula is C27H32N4O4. The highest BCUT2D eigenvalue weighted by Gasteiger charge is 2.41. The standard InChI is InChI=1S/C27H32N4O4/c1-17-15-30(27(34)35)24-14-21(10-11-23(24)31(17)26(33)20-8-9-20)18-4-6-19(7-5-18)25(32)29-13-12-22(16-29)28(2)3/h4-7,10-11,14,17,20,22H,8-9,12-13,15-16H2,1-3H3,(H,34,35)/t17-,22+/m0/s1. The SMILES string of the molecule is C[C@H]1CN(C(=O)O)c2cc(-c3ccc(C(=O)N4CC[C@@H](N(C)C)C4)cc3)ccc2N1C(=O)C1CC1. The van der Waals surface area contributed by atoms with Crippen LogP contribution in [0.2, 0.25) is 0 Å². The van der Waals surface area contributed by atoms with Gasteiger partial charge in [-0.25, -0.2) is 4.79 Å². The molecule has 2 aliphatic heterocycles. The molecule has 8 heteroatoms. The van der Waals surface area contributed by atoms with Gasteiger partial charge >= 0.3 is 6.09 Å². The van der Waals surface area contributed by atoms with Gasteiger partial charge in [-0.3, -0.25) is 14.5 Å². The summed E-state index contributed by atoms with van der Waals surface area (Å²) in [4.78, 5) is 45.1. The number of benzene rings is 2. The molecule has 0 bridgehead atoms. The first kappa shape index (κ1) is 23.4. The van der Waals surface area contributed by atoms with Gasteiger partial charge in [0.25, 0.3) is 5.91 Å². The van der Waals surface area contributed by atoms with Crippen molar-refractivity contribution in [3.05, 3.63) is 48.0 Å². The van der Waals surface area contributed by atoms with Gasteiger partial charge in [-0.15, -0.1) is 0 Å². The Labute approximate surface area is 205 Å². The van der Waals surface area contributed by atoms with Crippen molar-refractivity contribution < 1.29 is 19.5 Å². The quantitative estimate of drug-likeness (QED) is 0.727. The average Bonchev–Trinajstić information content (AvgIpc) is 3.58. The summed E-state index contributed by atoms with van der Waals surface area (Å²) in [6, 6.07) is 13.2. The van der Waals surface area contributed by atoms with Gasteiger partial charge in [0.2, 0.25) is 5.91 Å². The highest BCUT2D eigenvalue weighted by molar-refractivity contribution is 6.05. The number of amides is 3. The zero-order valence-electron chi connectivity index (χ0n) is 20.5. The molecule has 0 aromatic heterocycles. The lowest BCUT2D eigenvalue weighted by Gasteiger charge is -2.40. The summed E-state index contributed by atoms with van der Waals surface area (Å²) >= 11 is 0. The molecule has 2 fully saturated rings. The molecule has 3 amide bonds. The van der Waals surface area contributed by atoms with Crippen LogP contribution in [0.15, 0.2) is 42.5 Å². The second-order valence-electron chi connectivity index (χ2n) is 10.2. The smallest absolute Gasteiger partial charge is 0.411 e. The Hall–Kier alpha value is -3.39. The van der Waals surface area contributed by atoms with E-state index in [-0.39, 0.29) is 30.3 Å². The van der Waals surface area contributed by atoms with E-state index in [1.165, 1.54) is 4.90 Å². The third-order valence-electron chi connectivity index (χ3n) is 7.45. The molecule has 1 N–H and O–H groups in total. The molecule has 35 heavy (non-hydrogen) atoms. The maximum absolute atomic E-state index is 13.0. The average molecular weight is 477 g/mol. The van der Waals surface area contributed by atoms with E-state index < -0.39 is 6.09 Å². The Bertz CT molecular complexity index is 1160. The van der Waals surface area contributed by atoms with Gasteiger partial charge in [-0.05, 0) is 75.7 Å². The van der Waals surface area contributed by atoms with Crippen LogP contribution >= 0.6 is 0 Å². The molecule has 0 radical (unpaired) electrons. The van der Waals surface area contributed by atoms with Crippen LogP contribution in [0.5, 0.6) is 0 Å². The van der Waals surface area contributed by atoms with Crippen LogP contribution in [-0.2, 0) is 4.79 Å². The van der Waals surface area contributed by atoms with E-state index in [1.54, 1.807) is 4.90 Å². The summed E-state index contributed by atoms with van der Waals surface area (Å²) in [6.07, 6.45) is 1.74. The topological polar surface area (TPSA) is 84.4 Å². The predicted molar refractivity (Wildman–Crippen MR) is 135 cm³/mol. The fraction of sp³-hybridized carbons (Fsp3) is 0.444. The minimum atomic E-state index is -1.03. The third kappa shape index (κ3) is 4.38. The monoisotopic (exact) mass is 476 g/mol. The van der Waals surface area contributed by atoms with Crippen molar-refractivity contribution in [2.45, 2.75) is 38.3 Å². The minimum absolute atomic E-state index is 0.0339. The summed E-state index contributed by atoms with van der Waals surface area (Å²) in [6.45, 7) is 3.62. The van der Waals surface area contributed by atoms with E-state index in [0.717, 1.165) is 43.5 Å². The highest BCUT2D eigenvalue weighted by Crippen LogP contribution is 2.42. The van der Waals surface area contributed by atoms with E-state index in [9.17, 15) is 19.5 Å². The van der Waals surface area contributed by atoms with Crippen LogP contribution in [0, 0.1) is 5.92 Å². The Morgan fingerprint density at radius 2 is 1.60 bits per heavy atom. The third-order valence-corrected chi connectivity index (χ3v) is 7.45. The number of anilines is 2. The first-order chi connectivity index (χ1) is 16.7. The molecule has 0 unspecified atom stereocenters. The predicted octanol–water partition coefficient (Wildman–Crippen LogP) is 3.76. The largest absolute Gasteiger partial charge is 0.465 e. The van der Waals surface area contributed by atoms with Gasteiger partial charge in [0.05, 0.1) is 17.4 Å². The lowest BCUT2D eigenvalue weighted by atomic mass is 9.99. The molecule has 2 aromatic carbocycles. The second-order valence-corrected chi connectivity index (χ2v) is 10.2. The summed E-state index contributed by atoms with van der Waals surface area (Å²) in [5.41, 5.74) is 3.54. The van der Waals surface area contributed by atoms with Crippen molar-refractivity contribution in [3.8, 4) is 11.1 Å². The van der Waals surface area contributed by atoms with Gasteiger partial charge in [0, 0.05) is 37.2 Å². The minimum Gasteiger partial charge on any atom is -0.465 e. The number of hydrogen-bond acceptors (Lipinski definition) is 4.